The number of fused-ring (bicyclic) bond motifs is 1. The van der Waals surface area contributed by atoms with E-state index in [0.29, 0.717) is 35.8 Å². The quantitative estimate of drug-likeness (QED) is 0.707. The van der Waals surface area contributed by atoms with Gasteiger partial charge in [0.05, 0.1) is 28.6 Å². The lowest BCUT2D eigenvalue weighted by Gasteiger charge is -2.18. The molecular formula is C19H20FN5O2S. The molecule has 3 aromatic heterocycles. The summed E-state index contributed by atoms with van der Waals surface area (Å²) in [5.74, 6) is -0.205. The van der Waals surface area contributed by atoms with Crippen molar-refractivity contribution < 1.29 is 13.9 Å². The van der Waals surface area contributed by atoms with Gasteiger partial charge >= 0.3 is 0 Å². The standard InChI is InChI=1S/C19H20FN5O2S/c1-11(12-7-13(20)9-21-8-12)22-19-23-15-4-6-28-17(15)16(24-19)18(26)25-5-3-14(10-25)27-2/h4,6-9,11,14H,3,5,10H2,1-2H3,(H,22,23,24)/t11-,14-/m0/s1. The predicted molar refractivity (Wildman–Crippen MR) is 105 cm³/mol. The number of nitrogens with one attached hydrogen (secondary N) is 1. The highest BCUT2D eigenvalue weighted by Gasteiger charge is 2.29. The van der Waals surface area contributed by atoms with Crippen LogP contribution in [-0.4, -0.2) is 52.1 Å². The maximum absolute atomic E-state index is 13.5. The highest BCUT2D eigenvalue weighted by atomic mass is 32.1. The summed E-state index contributed by atoms with van der Waals surface area (Å²) in [6.07, 6.45) is 3.62. The number of halogens is 1. The molecule has 7 nitrogen and oxygen atoms in total. The maximum Gasteiger partial charge on any atom is 0.274 e. The van der Waals surface area contributed by atoms with Crippen molar-refractivity contribution in [3.05, 3.63) is 47.0 Å². The SMILES string of the molecule is CO[C@H]1CCN(C(=O)c2nc(N[C@@H](C)c3cncc(F)c3)nc3ccsc23)C1. The highest BCUT2D eigenvalue weighted by molar-refractivity contribution is 7.17. The van der Waals surface area contributed by atoms with Crippen molar-refractivity contribution >= 4 is 33.4 Å². The largest absolute Gasteiger partial charge is 0.380 e. The van der Waals surface area contributed by atoms with Crippen molar-refractivity contribution in [3.8, 4) is 0 Å². The number of amides is 1. The van der Waals surface area contributed by atoms with Crippen molar-refractivity contribution in [2.24, 2.45) is 0 Å². The zero-order chi connectivity index (χ0) is 19.7. The van der Waals surface area contributed by atoms with E-state index in [-0.39, 0.29) is 18.1 Å². The number of ether oxygens (including phenoxy) is 1. The van der Waals surface area contributed by atoms with E-state index in [4.69, 9.17) is 4.74 Å². The van der Waals surface area contributed by atoms with Crippen LogP contribution in [0.4, 0.5) is 10.3 Å². The van der Waals surface area contributed by atoms with Gasteiger partial charge in [0.15, 0.2) is 5.69 Å². The van der Waals surface area contributed by atoms with Crippen molar-refractivity contribution in [1.29, 1.82) is 0 Å². The highest BCUT2D eigenvalue weighted by Crippen LogP contribution is 2.27. The monoisotopic (exact) mass is 401 g/mol. The molecule has 1 saturated heterocycles. The first-order valence-corrected chi connectivity index (χ1v) is 9.87. The molecule has 1 amide bonds. The summed E-state index contributed by atoms with van der Waals surface area (Å²) in [6, 6.07) is 3.00. The zero-order valence-electron chi connectivity index (χ0n) is 15.6. The minimum absolute atomic E-state index is 0.0581. The molecule has 0 radical (unpaired) electrons. The lowest BCUT2D eigenvalue weighted by atomic mass is 10.1. The molecule has 1 N–H and O–H groups in total. The van der Waals surface area contributed by atoms with E-state index in [9.17, 15) is 9.18 Å². The number of rotatable bonds is 5. The van der Waals surface area contributed by atoms with Crippen LogP contribution in [0.25, 0.3) is 10.2 Å². The van der Waals surface area contributed by atoms with E-state index in [2.05, 4.69) is 20.3 Å². The van der Waals surface area contributed by atoms with Crippen LogP contribution in [0.15, 0.2) is 29.9 Å². The molecule has 0 aliphatic carbocycles. The minimum atomic E-state index is -0.405. The average Bonchev–Trinajstić information content (AvgIpc) is 3.36. The molecule has 0 aromatic carbocycles. The lowest BCUT2D eigenvalue weighted by Crippen LogP contribution is -2.31. The molecule has 0 unspecified atom stereocenters. The fraction of sp³-hybridized carbons (Fsp3) is 0.368. The van der Waals surface area contributed by atoms with E-state index < -0.39 is 5.82 Å². The van der Waals surface area contributed by atoms with E-state index in [0.717, 1.165) is 17.3 Å². The smallest absolute Gasteiger partial charge is 0.274 e. The number of likely N-dealkylation sites (tertiary alicyclic amines) is 1. The molecule has 3 aromatic rings. The van der Waals surface area contributed by atoms with Gasteiger partial charge in [0, 0.05) is 26.4 Å². The predicted octanol–water partition coefficient (Wildman–Crippen LogP) is 3.26. The molecule has 0 bridgehead atoms. The summed E-state index contributed by atoms with van der Waals surface area (Å²) in [6.45, 7) is 3.06. The number of pyridine rings is 1. The molecule has 1 aliphatic heterocycles. The Hall–Kier alpha value is -2.65. The van der Waals surface area contributed by atoms with Crippen molar-refractivity contribution in [1.82, 2.24) is 19.9 Å². The lowest BCUT2D eigenvalue weighted by molar-refractivity contribution is 0.0721. The Labute approximate surface area is 165 Å². The Morgan fingerprint density at radius 3 is 3.04 bits per heavy atom. The van der Waals surface area contributed by atoms with Crippen LogP contribution in [0, 0.1) is 5.82 Å². The van der Waals surface area contributed by atoms with Gasteiger partial charge in [-0.1, -0.05) is 0 Å². The molecular weight excluding hydrogens is 381 g/mol. The van der Waals surface area contributed by atoms with E-state index >= 15 is 0 Å². The minimum Gasteiger partial charge on any atom is -0.380 e. The number of hydrogen-bond acceptors (Lipinski definition) is 7. The third-order valence-corrected chi connectivity index (χ3v) is 5.75. The number of anilines is 1. The maximum atomic E-state index is 13.5. The van der Waals surface area contributed by atoms with Gasteiger partial charge in [0.1, 0.15) is 5.82 Å². The van der Waals surface area contributed by atoms with E-state index in [1.807, 2.05) is 18.4 Å². The Morgan fingerprint density at radius 2 is 2.29 bits per heavy atom. The van der Waals surface area contributed by atoms with Crippen molar-refractivity contribution in [2.75, 3.05) is 25.5 Å². The number of thiophene rings is 1. The van der Waals surface area contributed by atoms with Crippen LogP contribution < -0.4 is 5.32 Å². The van der Waals surface area contributed by atoms with Gasteiger partial charge in [-0.15, -0.1) is 11.3 Å². The normalized spacial score (nSPS) is 17.8. The topological polar surface area (TPSA) is 80.2 Å². The second-order valence-electron chi connectivity index (χ2n) is 6.73. The Bertz CT molecular complexity index is 1010. The van der Waals surface area contributed by atoms with Gasteiger partial charge in [0.25, 0.3) is 5.91 Å². The number of nitrogens with zero attached hydrogens (tertiary/aromatic N) is 4. The molecule has 4 heterocycles. The molecule has 146 valence electrons. The van der Waals surface area contributed by atoms with Gasteiger partial charge in [-0.2, -0.15) is 0 Å². The molecule has 2 atom stereocenters. The first-order valence-electron chi connectivity index (χ1n) is 8.99. The van der Waals surface area contributed by atoms with Gasteiger partial charge < -0.3 is 15.0 Å². The number of carbonyl (C=O) groups excluding carboxylic acids is 1. The summed E-state index contributed by atoms with van der Waals surface area (Å²) < 4.78 is 19.6. The summed E-state index contributed by atoms with van der Waals surface area (Å²) in [4.78, 5) is 27.7. The number of aromatic nitrogens is 3. The molecule has 1 aliphatic rings. The summed E-state index contributed by atoms with van der Waals surface area (Å²) in [7, 11) is 1.66. The molecule has 0 spiro atoms. The summed E-state index contributed by atoms with van der Waals surface area (Å²) in [5, 5.41) is 5.04. The van der Waals surface area contributed by atoms with Gasteiger partial charge in [-0.05, 0) is 36.4 Å². The first-order chi connectivity index (χ1) is 13.5. The van der Waals surface area contributed by atoms with Gasteiger partial charge in [-0.3, -0.25) is 9.78 Å². The molecule has 1 fully saturated rings. The third kappa shape index (κ3) is 3.67. The Morgan fingerprint density at radius 1 is 1.43 bits per heavy atom. The van der Waals surface area contributed by atoms with Crippen LogP contribution in [-0.2, 0) is 4.74 Å². The second-order valence-corrected chi connectivity index (χ2v) is 7.65. The number of hydrogen-bond donors (Lipinski definition) is 1. The molecule has 4 rings (SSSR count). The average molecular weight is 401 g/mol. The summed E-state index contributed by atoms with van der Waals surface area (Å²) >= 11 is 1.44. The van der Waals surface area contributed by atoms with Crippen LogP contribution in [0.1, 0.15) is 35.4 Å². The fourth-order valence-corrected chi connectivity index (χ4v) is 4.08. The van der Waals surface area contributed by atoms with Crippen LogP contribution in [0.3, 0.4) is 0 Å². The fourth-order valence-electron chi connectivity index (χ4n) is 3.27. The number of carbonyl (C=O) groups is 1. The van der Waals surface area contributed by atoms with Crippen molar-refractivity contribution in [2.45, 2.75) is 25.5 Å². The van der Waals surface area contributed by atoms with Crippen LogP contribution in [0.2, 0.25) is 0 Å². The first kappa shape index (κ1) is 18.7. The zero-order valence-corrected chi connectivity index (χ0v) is 16.4. The van der Waals surface area contributed by atoms with Crippen LogP contribution >= 0.6 is 11.3 Å². The van der Waals surface area contributed by atoms with Gasteiger partial charge in [-0.25, -0.2) is 14.4 Å². The van der Waals surface area contributed by atoms with Gasteiger partial charge in [0.2, 0.25) is 5.95 Å². The van der Waals surface area contributed by atoms with Crippen LogP contribution in [0.5, 0.6) is 0 Å². The Kier molecular flexibility index (Phi) is 5.19. The molecule has 9 heteroatoms. The summed E-state index contributed by atoms with van der Waals surface area (Å²) in [5.41, 5.74) is 1.76. The van der Waals surface area contributed by atoms with Crippen molar-refractivity contribution in [3.63, 3.8) is 0 Å². The third-order valence-electron chi connectivity index (χ3n) is 4.84. The second kappa shape index (κ2) is 7.76. The van der Waals surface area contributed by atoms with E-state index in [1.165, 1.54) is 17.4 Å². The molecule has 28 heavy (non-hydrogen) atoms. The van der Waals surface area contributed by atoms with E-state index in [1.54, 1.807) is 18.2 Å². The number of methoxy groups -OCH3 is 1. The molecule has 0 saturated carbocycles. The Balaban J connectivity index is 1.63.